The van der Waals surface area contributed by atoms with Gasteiger partial charge < -0.3 is 20.1 Å². The van der Waals surface area contributed by atoms with Gasteiger partial charge in [0.2, 0.25) is 0 Å². The number of amides is 1. The summed E-state index contributed by atoms with van der Waals surface area (Å²) in [5, 5.41) is 6.15. The van der Waals surface area contributed by atoms with Crippen LogP contribution >= 0.6 is 0 Å². The van der Waals surface area contributed by atoms with Crippen molar-refractivity contribution in [2.75, 3.05) is 46.6 Å². The second-order valence-corrected chi connectivity index (χ2v) is 4.83. The van der Waals surface area contributed by atoms with Crippen LogP contribution in [0.2, 0.25) is 0 Å². The minimum absolute atomic E-state index is 0.0281. The number of nitrogens with one attached hydrogen (secondary N) is 2. The summed E-state index contributed by atoms with van der Waals surface area (Å²) in [5.74, 6) is -0.0281. The van der Waals surface area contributed by atoms with Gasteiger partial charge in [0.25, 0.3) is 5.91 Å². The normalized spacial score (nSPS) is 10.6. The highest BCUT2D eigenvalue weighted by Gasteiger charge is 2.03. The molecule has 0 saturated heterocycles. The molecule has 0 aliphatic rings. The lowest BCUT2D eigenvalue weighted by Crippen LogP contribution is -2.32. The van der Waals surface area contributed by atoms with Gasteiger partial charge in [-0.2, -0.15) is 0 Å². The van der Waals surface area contributed by atoms with Crippen LogP contribution in [0, 0.1) is 6.92 Å². The average Bonchev–Trinajstić information content (AvgIpc) is 2.49. The summed E-state index contributed by atoms with van der Waals surface area (Å²) in [6, 6.07) is 7.57. The average molecular weight is 294 g/mol. The van der Waals surface area contributed by atoms with Crippen LogP contribution in [0.25, 0.3) is 0 Å². The molecule has 1 rings (SSSR count). The van der Waals surface area contributed by atoms with E-state index in [9.17, 15) is 4.79 Å². The van der Waals surface area contributed by atoms with E-state index in [-0.39, 0.29) is 5.91 Å². The Morgan fingerprint density at radius 1 is 1.05 bits per heavy atom. The van der Waals surface area contributed by atoms with Gasteiger partial charge in [-0.25, -0.2) is 0 Å². The lowest BCUT2D eigenvalue weighted by Gasteiger charge is -2.07. The van der Waals surface area contributed by atoms with Crippen LogP contribution in [0.4, 0.5) is 0 Å². The molecule has 0 aromatic heterocycles. The molecule has 118 valence electrons. The molecule has 2 N–H and O–H groups in total. The summed E-state index contributed by atoms with van der Waals surface area (Å²) in [6.45, 7) is 6.28. The van der Waals surface area contributed by atoms with E-state index in [1.54, 1.807) is 7.11 Å². The first-order chi connectivity index (χ1) is 10.2. The van der Waals surface area contributed by atoms with Crippen LogP contribution in [0.15, 0.2) is 24.3 Å². The van der Waals surface area contributed by atoms with Gasteiger partial charge in [-0.15, -0.1) is 0 Å². The third-order valence-corrected chi connectivity index (χ3v) is 2.98. The molecular weight excluding hydrogens is 268 g/mol. The molecule has 0 atom stereocenters. The molecule has 5 heteroatoms. The Balaban J connectivity index is 1.96. The highest BCUT2D eigenvalue weighted by molar-refractivity contribution is 5.94. The number of hydrogen-bond acceptors (Lipinski definition) is 4. The number of hydrogen-bond donors (Lipinski definition) is 2. The molecule has 1 aromatic carbocycles. The number of benzene rings is 1. The number of aryl methyl sites for hydroxylation is 1. The van der Waals surface area contributed by atoms with Crippen molar-refractivity contribution >= 4 is 5.91 Å². The second-order valence-electron chi connectivity index (χ2n) is 4.83. The van der Waals surface area contributed by atoms with Gasteiger partial charge in [-0.3, -0.25) is 4.79 Å². The van der Waals surface area contributed by atoms with Crippen LogP contribution in [-0.2, 0) is 9.47 Å². The van der Waals surface area contributed by atoms with Gasteiger partial charge >= 0.3 is 0 Å². The van der Waals surface area contributed by atoms with Gasteiger partial charge in [0.1, 0.15) is 0 Å². The number of carbonyl (C=O) groups excluding carboxylic acids is 1. The summed E-state index contributed by atoms with van der Waals surface area (Å²) in [5.41, 5.74) is 1.85. The van der Waals surface area contributed by atoms with Crippen LogP contribution in [0.1, 0.15) is 22.3 Å². The number of methoxy groups -OCH3 is 1. The van der Waals surface area contributed by atoms with E-state index in [1.165, 1.54) is 0 Å². The molecule has 0 unspecified atom stereocenters. The number of carbonyl (C=O) groups is 1. The Bertz CT molecular complexity index is 393. The van der Waals surface area contributed by atoms with E-state index >= 15 is 0 Å². The third-order valence-electron chi connectivity index (χ3n) is 2.98. The van der Waals surface area contributed by atoms with Gasteiger partial charge in [0, 0.05) is 32.4 Å². The highest BCUT2D eigenvalue weighted by atomic mass is 16.5. The maximum Gasteiger partial charge on any atom is 0.251 e. The van der Waals surface area contributed by atoms with Gasteiger partial charge in [-0.05, 0) is 32.0 Å². The SMILES string of the molecule is COCCOCCCNCCNC(=O)c1ccc(C)cc1. The lowest BCUT2D eigenvalue weighted by atomic mass is 10.1. The molecule has 0 aliphatic carbocycles. The zero-order valence-corrected chi connectivity index (χ0v) is 13.0. The van der Waals surface area contributed by atoms with Crippen molar-refractivity contribution in [3.8, 4) is 0 Å². The standard InChI is InChI=1S/C16H26N2O3/c1-14-4-6-15(7-5-14)16(19)18-10-9-17-8-3-11-21-13-12-20-2/h4-7,17H,3,8-13H2,1-2H3,(H,18,19). The first-order valence-electron chi connectivity index (χ1n) is 7.36. The Hall–Kier alpha value is -1.43. The molecule has 0 bridgehead atoms. The number of rotatable bonds is 11. The monoisotopic (exact) mass is 294 g/mol. The summed E-state index contributed by atoms with van der Waals surface area (Å²) in [6.07, 6.45) is 0.954. The Kier molecular flexibility index (Phi) is 9.44. The predicted octanol–water partition coefficient (Wildman–Crippen LogP) is 1.37. The maximum absolute atomic E-state index is 11.8. The fraction of sp³-hybridized carbons (Fsp3) is 0.562. The molecule has 5 nitrogen and oxygen atoms in total. The van der Waals surface area contributed by atoms with Crippen molar-refractivity contribution in [3.05, 3.63) is 35.4 Å². The fourth-order valence-corrected chi connectivity index (χ4v) is 1.74. The molecule has 0 spiro atoms. The highest BCUT2D eigenvalue weighted by Crippen LogP contribution is 2.02. The van der Waals surface area contributed by atoms with E-state index in [0.717, 1.165) is 31.7 Å². The summed E-state index contributed by atoms with van der Waals surface area (Å²) >= 11 is 0. The largest absolute Gasteiger partial charge is 0.382 e. The molecule has 21 heavy (non-hydrogen) atoms. The zero-order valence-electron chi connectivity index (χ0n) is 13.0. The zero-order chi connectivity index (χ0) is 15.3. The van der Waals surface area contributed by atoms with Crippen molar-refractivity contribution in [2.45, 2.75) is 13.3 Å². The van der Waals surface area contributed by atoms with E-state index in [1.807, 2.05) is 31.2 Å². The molecule has 1 amide bonds. The quantitative estimate of drug-likeness (QED) is 0.605. The molecule has 0 saturated carbocycles. The first-order valence-corrected chi connectivity index (χ1v) is 7.36. The van der Waals surface area contributed by atoms with Crippen LogP contribution < -0.4 is 10.6 Å². The second kappa shape index (κ2) is 11.3. The van der Waals surface area contributed by atoms with Crippen molar-refractivity contribution in [3.63, 3.8) is 0 Å². The van der Waals surface area contributed by atoms with Crippen molar-refractivity contribution < 1.29 is 14.3 Å². The van der Waals surface area contributed by atoms with Crippen LogP contribution in [-0.4, -0.2) is 52.5 Å². The Labute approximate surface area is 127 Å². The fourth-order valence-electron chi connectivity index (χ4n) is 1.74. The lowest BCUT2D eigenvalue weighted by molar-refractivity contribution is 0.0695. The Morgan fingerprint density at radius 2 is 1.81 bits per heavy atom. The minimum atomic E-state index is -0.0281. The van der Waals surface area contributed by atoms with Gasteiger partial charge in [-0.1, -0.05) is 17.7 Å². The molecule has 0 radical (unpaired) electrons. The maximum atomic E-state index is 11.8. The smallest absolute Gasteiger partial charge is 0.251 e. The van der Waals surface area contributed by atoms with Crippen molar-refractivity contribution in [1.29, 1.82) is 0 Å². The van der Waals surface area contributed by atoms with E-state index < -0.39 is 0 Å². The molecule has 0 aliphatic heterocycles. The first kappa shape index (κ1) is 17.6. The molecular formula is C16H26N2O3. The molecule has 0 heterocycles. The third kappa shape index (κ3) is 8.45. The molecule has 0 fully saturated rings. The minimum Gasteiger partial charge on any atom is -0.382 e. The van der Waals surface area contributed by atoms with Gasteiger partial charge in [0.15, 0.2) is 0 Å². The van der Waals surface area contributed by atoms with Gasteiger partial charge in [0.05, 0.1) is 13.2 Å². The summed E-state index contributed by atoms with van der Waals surface area (Å²) in [4.78, 5) is 11.8. The van der Waals surface area contributed by atoms with E-state index in [4.69, 9.17) is 9.47 Å². The topological polar surface area (TPSA) is 59.6 Å². The number of ether oxygens (including phenoxy) is 2. The van der Waals surface area contributed by atoms with E-state index in [2.05, 4.69) is 10.6 Å². The van der Waals surface area contributed by atoms with Crippen LogP contribution in [0.3, 0.4) is 0 Å². The summed E-state index contributed by atoms with van der Waals surface area (Å²) in [7, 11) is 1.66. The molecule has 1 aromatic rings. The van der Waals surface area contributed by atoms with Crippen molar-refractivity contribution in [1.82, 2.24) is 10.6 Å². The van der Waals surface area contributed by atoms with E-state index in [0.29, 0.717) is 25.3 Å². The summed E-state index contributed by atoms with van der Waals surface area (Å²) < 4.78 is 10.2. The van der Waals surface area contributed by atoms with Crippen LogP contribution in [0.5, 0.6) is 0 Å². The van der Waals surface area contributed by atoms with Crippen molar-refractivity contribution in [2.24, 2.45) is 0 Å². The predicted molar refractivity (Wildman–Crippen MR) is 83.7 cm³/mol. The Morgan fingerprint density at radius 3 is 2.52 bits per heavy atom.